The van der Waals surface area contributed by atoms with Crippen LogP contribution in [-0.2, 0) is 0 Å². The standard InChI is InChI=1S/C9H5Cl2N3O/c10-6-2-1-5(8(11)9(6)15)7-3-4-12-14-13-7/h1-4,15H. The maximum atomic E-state index is 9.52. The number of hydrogen-bond acceptors (Lipinski definition) is 4. The molecule has 15 heavy (non-hydrogen) atoms. The van der Waals surface area contributed by atoms with Gasteiger partial charge in [-0.3, -0.25) is 0 Å². The van der Waals surface area contributed by atoms with Crippen LogP contribution in [0.5, 0.6) is 5.75 Å². The first-order valence-electron chi connectivity index (χ1n) is 4.02. The van der Waals surface area contributed by atoms with E-state index in [1.54, 1.807) is 18.2 Å². The highest BCUT2D eigenvalue weighted by atomic mass is 35.5. The molecule has 1 aromatic carbocycles. The van der Waals surface area contributed by atoms with E-state index < -0.39 is 0 Å². The first kappa shape index (κ1) is 10.1. The molecule has 0 fully saturated rings. The van der Waals surface area contributed by atoms with E-state index in [9.17, 15) is 5.11 Å². The molecule has 0 amide bonds. The van der Waals surface area contributed by atoms with Crippen molar-refractivity contribution in [3.63, 3.8) is 0 Å². The van der Waals surface area contributed by atoms with Gasteiger partial charge >= 0.3 is 0 Å². The van der Waals surface area contributed by atoms with Crippen LogP contribution in [0.3, 0.4) is 0 Å². The molecule has 0 saturated carbocycles. The summed E-state index contributed by atoms with van der Waals surface area (Å²) < 4.78 is 0. The van der Waals surface area contributed by atoms with Gasteiger partial charge in [0.05, 0.1) is 21.9 Å². The molecule has 6 heteroatoms. The lowest BCUT2D eigenvalue weighted by Crippen LogP contribution is -1.90. The monoisotopic (exact) mass is 241 g/mol. The Kier molecular flexibility index (Phi) is 2.70. The van der Waals surface area contributed by atoms with Gasteiger partial charge in [-0.25, -0.2) is 0 Å². The minimum atomic E-state index is -0.158. The second-order valence-corrected chi connectivity index (χ2v) is 3.55. The zero-order valence-corrected chi connectivity index (χ0v) is 8.87. The molecule has 0 aliphatic rings. The summed E-state index contributed by atoms with van der Waals surface area (Å²) in [7, 11) is 0. The second kappa shape index (κ2) is 4.00. The van der Waals surface area contributed by atoms with Crippen LogP contribution in [0.2, 0.25) is 10.0 Å². The van der Waals surface area contributed by atoms with Crippen molar-refractivity contribution in [3.8, 4) is 17.0 Å². The Bertz CT molecular complexity index is 490. The van der Waals surface area contributed by atoms with Crippen molar-refractivity contribution < 1.29 is 5.11 Å². The first-order chi connectivity index (χ1) is 7.20. The van der Waals surface area contributed by atoms with Crippen LogP contribution in [0.15, 0.2) is 24.4 Å². The molecule has 2 rings (SSSR count). The van der Waals surface area contributed by atoms with E-state index in [4.69, 9.17) is 23.2 Å². The normalized spacial score (nSPS) is 10.3. The number of nitrogens with zero attached hydrogens (tertiary/aromatic N) is 3. The van der Waals surface area contributed by atoms with E-state index in [0.29, 0.717) is 11.3 Å². The smallest absolute Gasteiger partial charge is 0.153 e. The lowest BCUT2D eigenvalue weighted by molar-refractivity contribution is 0.476. The summed E-state index contributed by atoms with van der Waals surface area (Å²) >= 11 is 11.6. The van der Waals surface area contributed by atoms with Gasteiger partial charge < -0.3 is 5.11 Å². The van der Waals surface area contributed by atoms with Crippen LogP contribution >= 0.6 is 23.2 Å². The summed E-state index contributed by atoms with van der Waals surface area (Å²) in [6, 6.07) is 4.84. The Morgan fingerprint density at radius 3 is 2.60 bits per heavy atom. The summed E-state index contributed by atoms with van der Waals surface area (Å²) in [5.41, 5.74) is 1.09. The van der Waals surface area contributed by atoms with Crippen molar-refractivity contribution >= 4 is 23.2 Å². The quantitative estimate of drug-likeness (QED) is 0.834. The third-order valence-corrected chi connectivity index (χ3v) is 2.53. The number of rotatable bonds is 1. The Balaban J connectivity index is 2.60. The van der Waals surface area contributed by atoms with Gasteiger partial charge in [-0.15, -0.1) is 10.2 Å². The van der Waals surface area contributed by atoms with Crippen molar-refractivity contribution in [3.05, 3.63) is 34.4 Å². The van der Waals surface area contributed by atoms with Crippen LogP contribution in [0.25, 0.3) is 11.3 Å². The van der Waals surface area contributed by atoms with Crippen molar-refractivity contribution in [1.82, 2.24) is 15.4 Å². The highest BCUT2D eigenvalue weighted by Crippen LogP contribution is 2.38. The van der Waals surface area contributed by atoms with Crippen molar-refractivity contribution in [2.45, 2.75) is 0 Å². The fraction of sp³-hybridized carbons (Fsp3) is 0. The molecule has 0 saturated heterocycles. The summed E-state index contributed by atoms with van der Waals surface area (Å²) in [6.07, 6.45) is 1.49. The summed E-state index contributed by atoms with van der Waals surface area (Å²) in [5.74, 6) is -0.158. The molecule has 0 bridgehead atoms. The SMILES string of the molecule is Oc1c(Cl)ccc(-c2ccnnn2)c1Cl. The van der Waals surface area contributed by atoms with Crippen molar-refractivity contribution in [2.24, 2.45) is 0 Å². The van der Waals surface area contributed by atoms with Gasteiger partial charge in [-0.2, -0.15) is 0 Å². The van der Waals surface area contributed by atoms with Gasteiger partial charge in [0.25, 0.3) is 0 Å². The average molecular weight is 242 g/mol. The van der Waals surface area contributed by atoms with E-state index in [2.05, 4.69) is 15.4 Å². The molecule has 0 aliphatic heterocycles. The summed E-state index contributed by atoms with van der Waals surface area (Å²) in [4.78, 5) is 0. The van der Waals surface area contributed by atoms with Crippen LogP contribution in [0, 0.1) is 0 Å². The topological polar surface area (TPSA) is 58.9 Å². The van der Waals surface area contributed by atoms with Crippen molar-refractivity contribution in [2.75, 3.05) is 0 Å². The van der Waals surface area contributed by atoms with E-state index in [1.807, 2.05) is 0 Å². The number of benzene rings is 1. The molecule has 1 aromatic heterocycles. The second-order valence-electron chi connectivity index (χ2n) is 2.76. The predicted octanol–water partition coefficient (Wildman–Crippen LogP) is 2.55. The lowest BCUT2D eigenvalue weighted by atomic mass is 10.1. The van der Waals surface area contributed by atoms with Crippen LogP contribution in [0.4, 0.5) is 0 Å². The molecular formula is C9H5Cl2N3O. The zero-order chi connectivity index (χ0) is 10.8. The Hall–Kier alpha value is -1.39. The number of hydrogen-bond donors (Lipinski definition) is 1. The first-order valence-corrected chi connectivity index (χ1v) is 4.77. The third kappa shape index (κ3) is 1.86. The summed E-state index contributed by atoms with van der Waals surface area (Å²) in [5, 5.41) is 20.7. The van der Waals surface area contributed by atoms with Crippen LogP contribution in [0.1, 0.15) is 0 Å². The highest BCUT2D eigenvalue weighted by molar-refractivity contribution is 6.38. The number of phenols is 1. The number of phenolic OH excluding ortho intramolecular Hbond substituents is 1. The maximum Gasteiger partial charge on any atom is 0.153 e. The third-order valence-electron chi connectivity index (χ3n) is 1.85. The molecule has 0 radical (unpaired) electrons. The Labute approximate surface area is 95.5 Å². The highest BCUT2D eigenvalue weighted by Gasteiger charge is 2.11. The lowest BCUT2D eigenvalue weighted by Gasteiger charge is -2.05. The number of aromatic nitrogens is 3. The van der Waals surface area contributed by atoms with Crippen LogP contribution in [-0.4, -0.2) is 20.5 Å². The predicted molar refractivity (Wildman–Crippen MR) is 56.9 cm³/mol. The largest absolute Gasteiger partial charge is 0.505 e. The van der Waals surface area contributed by atoms with Crippen molar-refractivity contribution in [1.29, 1.82) is 0 Å². The van der Waals surface area contributed by atoms with E-state index >= 15 is 0 Å². The molecule has 4 nitrogen and oxygen atoms in total. The Morgan fingerprint density at radius 1 is 1.13 bits per heavy atom. The van der Waals surface area contributed by atoms with Gasteiger partial charge in [0.15, 0.2) is 5.75 Å². The summed E-state index contributed by atoms with van der Waals surface area (Å²) in [6.45, 7) is 0. The average Bonchev–Trinajstić information content (AvgIpc) is 2.27. The fourth-order valence-electron chi connectivity index (χ4n) is 1.12. The Morgan fingerprint density at radius 2 is 1.93 bits per heavy atom. The molecule has 0 spiro atoms. The number of halogens is 2. The number of aromatic hydroxyl groups is 1. The van der Waals surface area contributed by atoms with E-state index in [1.165, 1.54) is 6.20 Å². The molecule has 0 unspecified atom stereocenters. The zero-order valence-electron chi connectivity index (χ0n) is 7.35. The molecule has 1 heterocycles. The maximum absolute atomic E-state index is 9.52. The minimum Gasteiger partial charge on any atom is -0.505 e. The van der Waals surface area contributed by atoms with Gasteiger partial charge in [0.2, 0.25) is 0 Å². The minimum absolute atomic E-state index is 0.156. The van der Waals surface area contributed by atoms with Gasteiger partial charge in [-0.05, 0) is 23.4 Å². The molecule has 0 aliphatic carbocycles. The van der Waals surface area contributed by atoms with Gasteiger partial charge in [0, 0.05) is 5.56 Å². The van der Waals surface area contributed by atoms with Gasteiger partial charge in [0.1, 0.15) is 0 Å². The van der Waals surface area contributed by atoms with E-state index in [0.717, 1.165) is 0 Å². The molecule has 76 valence electrons. The van der Waals surface area contributed by atoms with Crippen LogP contribution < -0.4 is 0 Å². The molecule has 2 aromatic rings. The van der Waals surface area contributed by atoms with Gasteiger partial charge in [-0.1, -0.05) is 23.2 Å². The molecule has 1 N–H and O–H groups in total. The molecular weight excluding hydrogens is 237 g/mol. The van der Waals surface area contributed by atoms with E-state index in [-0.39, 0.29) is 15.8 Å². The fourth-order valence-corrected chi connectivity index (χ4v) is 1.59. The molecule has 0 atom stereocenters.